The van der Waals surface area contributed by atoms with Crippen LogP contribution in [0.1, 0.15) is 23.6 Å². The molecule has 1 atom stereocenters. The molecule has 2 heteroatoms. The molecule has 2 nitrogen and oxygen atoms in total. The van der Waals surface area contributed by atoms with Crippen molar-refractivity contribution in [2.75, 3.05) is 5.32 Å². The molecule has 0 amide bonds. The zero-order chi connectivity index (χ0) is 17.1. The van der Waals surface area contributed by atoms with E-state index in [0.29, 0.717) is 0 Å². The molecule has 1 N–H and O–H groups in total. The summed E-state index contributed by atoms with van der Waals surface area (Å²) >= 11 is 0. The SMILES string of the molecule is CC=CC1Nc2ccccc2C(c2ccccc2)(c2ccccc2)O1. The van der Waals surface area contributed by atoms with Crippen LogP contribution in [-0.2, 0) is 10.3 Å². The van der Waals surface area contributed by atoms with E-state index in [1.54, 1.807) is 0 Å². The summed E-state index contributed by atoms with van der Waals surface area (Å²) < 4.78 is 6.72. The second-order valence-electron chi connectivity index (χ2n) is 6.17. The van der Waals surface area contributed by atoms with Crippen molar-refractivity contribution in [2.45, 2.75) is 18.8 Å². The Morgan fingerprint density at radius 3 is 1.96 bits per heavy atom. The number of fused-ring (bicyclic) bond motifs is 1. The predicted molar refractivity (Wildman–Crippen MR) is 103 cm³/mol. The van der Waals surface area contributed by atoms with E-state index in [1.807, 2.05) is 25.1 Å². The summed E-state index contributed by atoms with van der Waals surface area (Å²) in [5.74, 6) is 0. The van der Waals surface area contributed by atoms with Crippen molar-refractivity contribution < 1.29 is 4.74 Å². The van der Waals surface area contributed by atoms with Crippen LogP contribution >= 0.6 is 0 Å². The molecule has 1 aliphatic rings. The van der Waals surface area contributed by atoms with Crippen LogP contribution in [0.15, 0.2) is 97.1 Å². The van der Waals surface area contributed by atoms with Crippen molar-refractivity contribution in [1.82, 2.24) is 0 Å². The van der Waals surface area contributed by atoms with Crippen LogP contribution < -0.4 is 5.32 Å². The summed E-state index contributed by atoms with van der Waals surface area (Å²) in [6.07, 6.45) is 3.88. The summed E-state index contributed by atoms with van der Waals surface area (Å²) in [4.78, 5) is 0. The second-order valence-corrected chi connectivity index (χ2v) is 6.17. The Balaban J connectivity index is 2.03. The van der Waals surface area contributed by atoms with Crippen molar-refractivity contribution in [2.24, 2.45) is 0 Å². The van der Waals surface area contributed by atoms with E-state index in [0.717, 1.165) is 22.4 Å². The fraction of sp³-hybridized carbons (Fsp3) is 0.130. The molecule has 1 aliphatic heterocycles. The smallest absolute Gasteiger partial charge is 0.149 e. The molecular formula is C23H21NO. The minimum Gasteiger partial charge on any atom is -0.356 e. The number of para-hydroxylation sites is 1. The van der Waals surface area contributed by atoms with Gasteiger partial charge in [-0.25, -0.2) is 0 Å². The van der Waals surface area contributed by atoms with Crippen molar-refractivity contribution in [3.05, 3.63) is 114 Å². The topological polar surface area (TPSA) is 21.3 Å². The van der Waals surface area contributed by atoms with Crippen molar-refractivity contribution >= 4 is 5.69 Å². The van der Waals surface area contributed by atoms with Gasteiger partial charge in [0.05, 0.1) is 0 Å². The third kappa shape index (κ3) is 2.65. The average Bonchev–Trinajstić information content (AvgIpc) is 2.69. The first kappa shape index (κ1) is 15.7. The molecule has 0 aliphatic carbocycles. The van der Waals surface area contributed by atoms with E-state index in [4.69, 9.17) is 4.74 Å². The first-order chi connectivity index (χ1) is 12.3. The summed E-state index contributed by atoms with van der Waals surface area (Å²) in [6.45, 7) is 2.01. The van der Waals surface area contributed by atoms with Gasteiger partial charge < -0.3 is 10.1 Å². The number of anilines is 1. The van der Waals surface area contributed by atoms with Crippen molar-refractivity contribution in [3.8, 4) is 0 Å². The molecule has 3 aromatic carbocycles. The summed E-state index contributed by atoms with van der Waals surface area (Å²) in [7, 11) is 0. The molecule has 0 saturated carbocycles. The van der Waals surface area contributed by atoms with Crippen LogP contribution in [0, 0.1) is 0 Å². The first-order valence-corrected chi connectivity index (χ1v) is 8.62. The molecule has 1 heterocycles. The van der Waals surface area contributed by atoms with Gasteiger partial charge in [-0.05, 0) is 30.2 Å². The van der Waals surface area contributed by atoms with Crippen LogP contribution in [0.2, 0.25) is 0 Å². The van der Waals surface area contributed by atoms with E-state index in [-0.39, 0.29) is 6.23 Å². The Hall–Kier alpha value is -2.84. The molecule has 25 heavy (non-hydrogen) atoms. The Bertz CT molecular complexity index is 831. The zero-order valence-electron chi connectivity index (χ0n) is 14.2. The molecule has 0 fully saturated rings. The van der Waals surface area contributed by atoms with Crippen molar-refractivity contribution in [3.63, 3.8) is 0 Å². The van der Waals surface area contributed by atoms with Crippen LogP contribution in [0.4, 0.5) is 5.69 Å². The number of hydrogen-bond acceptors (Lipinski definition) is 2. The number of benzene rings is 3. The average molecular weight is 327 g/mol. The van der Waals surface area contributed by atoms with Gasteiger partial charge in [-0.1, -0.05) is 84.9 Å². The summed E-state index contributed by atoms with van der Waals surface area (Å²) in [5, 5.41) is 3.48. The summed E-state index contributed by atoms with van der Waals surface area (Å²) in [5.41, 5.74) is 3.85. The minimum atomic E-state index is -0.644. The normalized spacial score (nSPS) is 18.5. The van der Waals surface area contributed by atoms with Gasteiger partial charge in [0.1, 0.15) is 11.8 Å². The highest BCUT2D eigenvalue weighted by atomic mass is 16.5. The van der Waals surface area contributed by atoms with E-state index in [1.165, 1.54) is 0 Å². The highest BCUT2D eigenvalue weighted by molar-refractivity contribution is 5.63. The van der Waals surface area contributed by atoms with Crippen LogP contribution in [-0.4, -0.2) is 6.23 Å². The summed E-state index contributed by atoms with van der Waals surface area (Å²) in [6, 6.07) is 29.3. The molecule has 1 unspecified atom stereocenters. The van der Waals surface area contributed by atoms with Gasteiger partial charge in [-0.2, -0.15) is 0 Å². The van der Waals surface area contributed by atoms with Gasteiger partial charge in [0.2, 0.25) is 0 Å². The van der Waals surface area contributed by atoms with Crippen LogP contribution in [0.3, 0.4) is 0 Å². The van der Waals surface area contributed by atoms with E-state index >= 15 is 0 Å². The Kier molecular flexibility index (Phi) is 4.12. The zero-order valence-corrected chi connectivity index (χ0v) is 14.2. The standard InChI is InChI=1S/C23H21NO/c1-2-11-22-24-21-17-10-9-16-20(21)23(25-22,18-12-5-3-6-13-18)19-14-7-4-8-15-19/h2-17,22,24H,1H3. The quantitative estimate of drug-likeness (QED) is 0.657. The van der Waals surface area contributed by atoms with Gasteiger partial charge in [0.15, 0.2) is 0 Å². The maximum absolute atomic E-state index is 6.72. The van der Waals surface area contributed by atoms with E-state index in [9.17, 15) is 0 Å². The largest absolute Gasteiger partial charge is 0.356 e. The van der Waals surface area contributed by atoms with Gasteiger partial charge >= 0.3 is 0 Å². The maximum atomic E-state index is 6.72. The Labute approximate surface area is 148 Å². The molecule has 3 aromatic rings. The third-order valence-electron chi connectivity index (χ3n) is 4.64. The molecule has 0 bridgehead atoms. The lowest BCUT2D eigenvalue weighted by molar-refractivity contribution is -0.0192. The number of ether oxygens (including phenoxy) is 1. The highest BCUT2D eigenvalue weighted by Crippen LogP contribution is 2.47. The number of hydrogen-bond donors (Lipinski definition) is 1. The van der Waals surface area contributed by atoms with Gasteiger partial charge in [0.25, 0.3) is 0 Å². The Morgan fingerprint density at radius 1 is 0.800 bits per heavy atom. The molecule has 4 rings (SSSR count). The Morgan fingerprint density at radius 2 is 1.36 bits per heavy atom. The molecule has 0 spiro atoms. The molecule has 0 radical (unpaired) electrons. The second kappa shape index (κ2) is 6.58. The lowest BCUT2D eigenvalue weighted by atomic mass is 9.78. The van der Waals surface area contributed by atoms with Crippen LogP contribution in [0.25, 0.3) is 0 Å². The number of allylic oxidation sites excluding steroid dienone is 1. The van der Waals surface area contributed by atoms with E-state index in [2.05, 4.69) is 84.2 Å². The van der Waals surface area contributed by atoms with Gasteiger partial charge in [-0.15, -0.1) is 0 Å². The number of rotatable bonds is 3. The predicted octanol–water partition coefficient (Wildman–Crippen LogP) is 5.32. The van der Waals surface area contributed by atoms with Crippen molar-refractivity contribution in [1.29, 1.82) is 0 Å². The fourth-order valence-electron chi connectivity index (χ4n) is 3.57. The third-order valence-corrected chi connectivity index (χ3v) is 4.64. The van der Waals surface area contributed by atoms with E-state index < -0.39 is 5.60 Å². The monoisotopic (exact) mass is 327 g/mol. The highest BCUT2D eigenvalue weighted by Gasteiger charge is 2.43. The lowest BCUT2D eigenvalue weighted by Crippen LogP contribution is -2.43. The molecule has 124 valence electrons. The molecule has 0 saturated heterocycles. The number of nitrogens with one attached hydrogen (secondary N) is 1. The fourth-order valence-corrected chi connectivity index (χ4v) is 3.57. The lowest BCUT2D eigenvalue weighted by Gasteiger charge is -2.43. The minimum absolute atomic E-state index is 0.194. The van der Waals surface area contributed by atoms with Gasteiger partial charge in [-0.3, -0.25) is 0 Å². The van der Waals surface area contributed by atoms with Gasteiger partial charge in [0, 0.05) is 11.3 Å². The first-order valence-electron chi connectivity index (χ1n) is 8.62. The maximum Gasteiger partial charge on any atom is 0.149 e. The molecule has 0 aromatic heterocycles. The molecular weight excluding hydrogens is 306 g/mol. The van der Waals surface area contributed by atoms with Crippen LogP contribution in [0.5, 0.6) is 0 Å².